The van der Waals surface area contributed by atoms with Crippen molar-refractivity contribution in [2.24, 2.45) is 0 Å². The Kier molecular flexibility index (Phi) is 6.18. The zero-order valence-corrected chi connectivity index (χ0v) is 15.7. The van der Waals surface area contributed by atoms with Crippen molar-refractivity contribution >= 4 is 21.8 Å². The molecule has 0 aromatic heterocycles. The molecule has 28 heavy (non-hydrogen) atoms. The van der Waals surface area contributed by atoms with E-state index in [9.17, 15) is 22.4 Å². The molecule has 0 atom stereocenters. The molecule has 2 aromatic carbocycles. The van der Waals surface area contributed by atoms with Gasteiger partial charge in [0.05, 0.1) is 23.7 Å². The highest BCUT2D eigenvalue weighted by atomic mass is 32.2. The summed E-state index contributed by atoms with van der Waals surface area (Å²) in [4.78, 5) is 24.1. The van der Waals surface area contributed by atoms with Gasteiger partial charge in [0.2, 0.25) is 10.0 Å². The lowest BCUT2D eigenvalue weighted by atomic mass is 10.1. The van der Waals surface area contributed by atoms with Gasteiger partial charge in [-0.15, -0.1) is 0 Å². The van der Waals surface area contributed by atoms with Crippen LogP contribution in [0.5, 0.6) is 0 Å². The second kappa shape index (κ2) is 8.59. The van der Waals surface area contributed by atoms with Crippen LogP contribution >= 0.6 is 0 Å². The molecule has 0 bridgehead atoms. The standard InChI is InChI=1S/C19H18FNO6S/c20-16-3-1-2-15(12-16)18(22)13-27-19(23)14-4-6-17(7-5-14)28(24,25)21-8-10-26-11-9-21/h1-7,12H,8-11,13H2. The number of rotatable bonds is 6. The first-order valence-electron chi connectivity index (χ1n) is 8.52. The number of morpholine rings is 1. The number of benzene rings is 2. The van der Waals surface area contributed by atoms with Gasteiger partial charge < -0.3 is 9.47 Å². The number of hydrogen-bond acceptors (Lipinski definition) is 6. The van der Waals surface area contributed by atoms with E-state index in [1.165, 1.54) is 46.8 Å². The summed E-state index contributed by atoms with van der Waals surface area (Å²) in [6, 6.07) is 10.3. The summed E-state index contributed by atoms with van der Waals surface area (Å²) in [7, 11) is -3.66. The van der Waals surface area contributed by atoms with Crippen molar-refractivity contribution in [3.05, 3.63) is 65.5 Å². The predicted octanol–water partition coefficient (Wildman–Crippen LogP) is 1.89. The maximum absolute atomic E-state index is 13.1. The summed E-state index contributed by atoms with van der Waals surface area (Å²) in [6.07, 6.45) is 0. The lowest BCUT2D eigenvalue weighted by Crippen LogP contribution is -2.40. The second-order valence-corrected chi connectivity index (χ2v) is 7.99. The van der Waals surface area contributed by atoms with Gasteiger partial charge in [0.1, 0.15) is 5.82 Å². The van der Waals surface area contributed by atoms with Crippen molar-refractivity contribution in [3.8, 4) is 0 Å². The van der Waals surface area contributed by atoms with Crippen LogP contribution in [-0.2, 0) is 19.5 Å². The van der Waals surface area contributed by atoms with Gasteiger partial charge in [-0.3, -0.25) is 4.79 Å². The zero-order chi connectivity index (χ0) is 20.1. The van der Waals surface area contributed by atoms with Crippen LogP contribution < -0.4 is 0 Å². The number of ketones is 1. The highest BCUT2D eigenvalue weighted by Crippen LogP contribution is 2.18. The van der Waals surface area contributed by atoms with Crippen molar-refractivity contribution in [3.63, 3.8) is 0 Å². The van der Waals surface area contributed by atoms with E-state index >= 15 is 0 Å². The first-order valence-corrected chi connectivity index (χ1v) is 9.96. The van der Waals surface area contributed by atoms with Crippen LogP contribution in [0.4, 0.5) is 4.39 Å². The van der Waals surface area contributed by atoms with E-state index in [0.717, 1.165) is 6.07 Å². The van der Waals surface area contributed by atoms with Crippen LogP contribution in [-0.4, -0.2) is 57.4 Å². The Morgan fingerprint density at radius 3 is 2.36 bits per heavy atom. The van der Waals surface area contributed by atoms with Crippen LogP contribution in [0.25, 0.3) is 0 Å². The monoisotopic (exact) mass is 407 g/mol. The van der Waals surface area contributed by atoms with Crippen molar-refractivity contribution in [1.29, 1.82) is 0 Å². The van der Waals surface area contributed by atoms with E-state index in [4.69, 9.17) is 9.47 Å². The van der Waals surface area contributed by atoms with E-state index in [-0.39, 0.29) is 29.1 Å². The molecular formula is C19H18FNO6S. The normalized spacial score (nSPS) is 15.2. The summed E-state index contributed by atoms with van der Waals surface area (Å²) in [5, 5.41) is 0. The van der Waals surface area contributed by atoms with Gasteiger partial charge in [0, 0.05) is 18.7 Å². The molecule has 1 heterocycles. The Balaban J connectivity index is 1.63. The van der Waals surface area contributed by atoms with Gasteiger partial charge in [-0.2, -0.15) is 4.31 Å². The average molecular weight is 407 g/mol. The highest BCUT2D eigenvalue weighted by Gasteiger charge is 2.26. The Morgan fingerprint density at radius 1 is 1.04 bits per heavy atom. The number of sulfonamides is 1. The molecule has 0 radical (unpaired) electrons. The Hall–Kier alpha value is -2.62. The van der Waals surface area contributed by atoms with Crippen molar-refractivity contribution in [2.45, 2.75) is 4.90 Å². The number of Topliss-reactive ketones (excluding diaryl/α,β-unsaturated/α-hetero) is 1. The quantitative estimate of drug-likeness (QED) is 0.537. The lowest BCUT2D eigenvalue weighted by Gasteiger charge is -2.26. The molecule has 1 aliphatic heterocycles. The molecule has 0 amide bonds. The van der Waals surface area contributed by atoms with E-state index in [2.05, 4.69) is 0 Å². The summed E-state index contributed by atoms with van der Waals surface area (Å²) in [5.74, 6) is -1.88. The number of esters is 1. The molecule has 0 saturated carbocycles. The van der Waals surface area contributed by atoms with Crippen LogP contribution in [0.15, 0.2) is 53.4 Å². The van der Waals surface area contributed by atoms with Crippen molar-refractivity contribution < 1.29 is 31.9 Å². The van der Waals surface area contributed by atoms with Crippen LogP contribution in [0.1, 0.15) is 20.7 Å². The maximum Gasteiger partial charge on any atom is 0.338 e. The smallest absolute Gasteiger partial charge is 0.338 e. The minimum absolute atomic E-state index is 0.0572. The van der Waals surface area contributed by atoms with E-state index < -0.39 is 34.2 Å². The first kappa shape index (κ1) is 20.1. The van der Waals surface area contributed by atoms with E-state index in [1.807, 2.05) is 0 Å². The summed E-state index contributed by atoms with van der Waals surface area (Å²) in [6.45, 7) is 0.671. The summed E-state index contributed by atoms with van der Waals surface area (Å²) in [5.41, 5.74) is 0.202. The van der Waals surface area contributed by atoms with Gasteiger partial charge in [0.15, 0.2) is 12.4 Å². The van der Waals surface area contributed by atoms with Gasteiger partial charge in [-0.05, 0) is 36.4 Å². The van der Waals surface area contributed by atoms with Gasteiger partial charge in [-0.1, -0.05) is 12.1 Å². The number of halogens is 1. The Morgan fingerprint density at radius 2 is 1.71 bits per heavy atom. The van der Waals surface area contributed by atoms with Gasteiger partial charge in [0.25, 0.3) is 0 Å². The fourth-order valence-corrected chi connectivity index (χ4v) is 4.07. The van der Waals surface area contributed by atoms with E-state index in [1.54, 1.807) is 0 Å². The van der Waals surface area contributed by atoms with Gasteiger partial charge in [-0.25, -0.2) is 17.6 Å². The number of carbonyl (C=O) groups excluding carboxylic acids is 2. The minimum Gasteiger partial charge on any atom is -0.454 e. The third-order valence-corrected chi connectivity index (χ3v) is 6.09. The third kappa shape index (κ3) is 4.61. The number of carbonyl (C=O) groups is 2. The molecule has 1 fully saturated rings. The minimum atomic E-state index is -3.66. The second-order valence-electron chi connectivity index (χ2n) is 6.05. The molecule has 148 valence electrons. The molecule has 0 N–H and O–H groups in total. The van der Waals surface area contributed by atoms with Gasteiger partial charge >= 0.3 is 5.97 Å². The lowest BCUT2D eigenvalue weighted by molar-refractivity contribution is 0.0474. The Bertz CT molecular complexity index is 968. The van der Waals surface area contributed by atoms with Crippen LogP contribution in [0.3, 0.4) is 0 Å². The number of hydrogen-bond donors (Lipinski definition) is 0. The SMILES string of the molecule is O=C(COC(=O)c1ccc(S(=O)(=O)N2CCOCC2)cc1)c1cccc(F)c1. The molecule has 1 saturated heterocycles. The first-order chi connectivity index (χ1) is 13.4. The topological polar surface area (TPSA) is 90.0 Å². The molecular weight excluding hydrogens is 389 g/mol. The van der Waals surface area contributed by atoms with Crippen molar-refractivity contribution in [1.82, 2.24) is 4.31 Å². The largest absolute Gasteiger partial charge is 0.454 e. The highest BCUT2D eigenvalue weighted by molar-refractivity contribution is 7.89. The number of nitrogens with zero attached hydrogens (tertiary/aromatic N) is 1. The fourth-order valence-electron chi connectivity index (χ4n) is 2.66. The third-order valence-electron chi connectivity index (χ3n) is 4.18. The summed E-state index contributed by atoms with van der Waals surface area (Å²) >= 11 is 0. The molecule has 1 aliphatic rings. The molecule has 0 unspecified atom stereocenters. The summed E-state index contributed by atoms with van der Waals surface area (Å²) < 4.78 is 49.6. The maximum atomic E-state index is 13.1. The van der Waals surface area contributed by atoms with Crippen LogP contribution in [0, 0.1) is 5.82 Å². The Labute approximate surface area is 161 Å². The molecule has 9 heteroatoms. The fraction of sp³-hybridized carbons (Fsp3) is 0.263. The average Bonchev–Trinajstić information content (AvgIpc) is 2.72. The van der Waals surface area contributed by atoms with Crippen LogP contribution in [0.2, 0.25) is 0 Å². The molecule has 7 nitrogen and oxygen atoms in total. The molecule has 3 rings (SSSR count). The van der Waals surface area contributed by atoms with Crippen molar-refractivity contribution in [2.75, 3.05) is 32.9 Å². The predicted molar refractivity (Wildman–Crippen MR) is 97.0 cm³/mol. The zero-order valence-electron chi connectivity index (χ0n) is 14.8. The number of ether oxygens (including phenoxy) is 2. The molecule has 0 aliphatic carbocycles. The van der Waals surface area contributed by atoms with E-state index in [0.29, 0.717) is 13.2 Å². The molecule has 0 spiro atoms. The molecule has 2 aromatic rings.